The lowest BCUT2D eigenvalue weighted by molar-refractivity contribution is 0.0988. The number of nitrogens with one attached hydrogen (secondary N) is 1. The van der Waals surface area contributed by atoms with Gasteiger partial charge in [-0.25, -0.2) is 4.98 Å². The molecule has 0 fully saturated rings. The summed E-state index contributed by atoms with van der Waals surface area (Å²) in [5, 5.41) is 7.48. The first-order valence-electron chi connectivity index (χ1n) is 7.40. The van der Waals surface area contributed by atoms with Gasteiger partial charge in [-0.3, -0.25) is 4.79 Å². The van der Waals surface area contributed by atoms with Gasteiger partial charge in [0.25, 0.3) is 5.91 Å². The molecular formula is C18H13N3O2S. The van der Waals surface area contributed by atoms with Crippen molar-refractivity contribution in [3.05, 3.63) is 66.1 Å². The van der Waals surface area contributed by atoms with Crippen LogP contribution in [-0.2, 0) is 0 Å². The molecule has 2 heterocycles. The van der Waals surface area contributed by atoms with Gasteiger partial charge in [0.2, 0.25) is 5.76 Å². The van der Waals surface area contributed by atoms with E-state index in [0.29, 0.717) is 11.4 Å². The Kier molecular flexibility index (Phi) is 3.59. The van der Waals surface area contributed by atoms with Gasteiger partial charge in [0.05, 0.1) is 21.6 Å². The van der Waals surface area contributed by atoms with Crippen LogP contribution in [0, 0.1) is 6.92 Å². The number of rotatable bonds is 3. The largest absolute Gasteiger partial charge is 0.351 e. The standard InChI is InChI=1S/C18H13N3O2S/c1-11-10-15(23-21-11)17(22)19-13-7-3-2-6-12(13)18-20-14-8-4-5-9-16(14)24-18/h2-10H,1H3,(H,19,22). The molecule has 5 nitrogen and oxygen atoms in total. The molecule has 2 aromatic heterocycles. The number of hydrogen-bond acceptors (Lipinski definition) is 5. The molecule has 0 atom stereocenters. The minimum atomic E-state index is -0.329. The Hall–Kier alpha value is -2.99. The fourth-order valence-corrected chi connectivity index (χ4v) is 3.43. The van der Waals surface area contributed by atoms with E-state index in [1.54, 1.807) is 24.3 Å². The molecule has 0 aliphatic heterocycles. The van der Waals surface area contributed by atoms with Crippen LogP contribution in [0.2, 0.25) is 0 Å². The third-order valence-electron chi connectivity index (χ3n) is 3.55. The van der Waals surface area contributed by atoms with Crippen LogP contribution < -0.4 is 5.32 Å². The molecule has 4 aromatic rings. The molecule has 118 valence electrons. The Morgan fingerprint density at radius 3 is 2.71 bits per heavy atom. The molecule has 6 heteroatoms. The van der Waals surface area contributed by atoms with Gasteiger partial charge in [-0.05, 0) is 31.2 Å². The molecule has 24 heavy (non-hydrogen) atoms. The van der Waals surface area contributed by atoms with Crippen molar-refractivity contribution in [2.75, 3.05) is 5.32 Å². The van der Waals surface area contributed by atoms with Crippen LogP contribution >= 0.6 is 11.3 Å². The molecule has 0 aliphatic carbocycles. The van der Waals surface area contributed by atoms with Gasteiger partial charge < -0.3 is 9.84 Å². The molecule has 0 saturated carbocycles. The van der Waals surface area contributed by atoms with E-state index >= 15 is 0 Å². The number of carbonyl (C=O) groups is 1. The first kappa shape index (κ1) is 14.6. The van der Waals surface area contributed by atoms with Crippen molar-refractivity contribution in [2.45, 2.75) is 6.92 Å². The molecule has 0 bridgehead atoms. The minimum absolute atomic E-state index is 0.187. The highest BCUT2D eigenvalue weighted by molar-refractivity contribution is 7.21. The zero-order chi connectivity index (χ0) is 16.5. The zero-order valence-electron chi connectivity index (χ0n) is 12.8. The summed E-state index contributed by atoms with van der Waals surface area (Å²) in [6, 6.07) is 17.2. The molecule has 0 saturated heterocycles. The van der Waals surface area contributed by atoms with Crippen LogP contribution in [0.1, 0.15) is 16.2 Å². The third-order valence-corrected chi connectivity index (χ3v) is 4.62. The van der Waals surface area contributed by atoms with E-state index in [0.717, 1.165) is 20.8 Å². The number of anilines is 1. The number of thiazole rings is 1. The summed E-state index contributed by atoms with van der Waals surface area (Å²) in [5.41, 5.74) is 3.18. The number of carbonyl (C=O) groups excluding carboxylic acids is 1. The van der Waals surface area contributed by atoms with Gasteiger partial charge in [0, 0.05) is 11.6 Å². The molecule has 4 rings (SSSR count). The van der Waals surface area contributed by atoms with Crippen LogP contribution in [0.25, 0.3) is 20.8 Å². The summed E-state index contributed by atoms with van der Waals surface area (Å²) in [7, 11) is 0. The van der Waals surface area contributed by atoms with Crippen LogP contribution in [0.3, 0.4) is 0 Å². The first-order valence-corrected chi connectivity index (χ1v) is 8.22. The second-order valence-corrected chi connectivity index (χ2v) is 6.35. The van der Waals surface area contributed by atoms with Crippen molar-refractivity contribution in [3.63, 3.8) is 0 Å². The SMILES string of the molecule is Cc1cc(C(=O)Nc2ccccc2-c2nc3ccccc3s2)on1. The molecule has 0 aliphatic rings. The molecule has 0 unspecified atom stereocenters. The summed E-state index contributed by atoms with van der Waals surface area (Å²) in [6.07, 6.45) is 0. The van der Waals surface area contributed by atoms with E-state index in [2.05, 4.69) is 15.5 Å². The predicted octanol–water partition coefficient (Wildman–Crippen LogP) is 4.51. The van der Waals surface area contributed by atoms with Crippen molar-refractivity contribution < 1.29 is 9.32 Å². The van der Waals surface area contributed by atoms with Crippen LogP contribution in [0.5, 0.6) is 0 Å². The van der Waals surface area contributed by atoms with Gasteiger partial charge in [-0.15, -0.1) is 11.3 Å². The van der Waals surface area contributed by atoms with Gasteiger partial charge in [0.1, 0.15) is 5.01 Å². The quantitative estimate of drug-likeness (QED) is 0.598. The second kappa shape index (κ2) is 5.90. The molecule has 0 spiro atoms. The molecule has 0 radical (unpaired) electrons. The van der Waals surface area contributed by atoms with Crippen molar-refractivity contribution >= 4 is 33.1 Å². The number of benzene rings is 2. The lowest BCUT2D eigenvalue weighted by Crippen LogP contribution is -2.11. The predicted molar refractivity (Wildman–Crippen MR) is 94.2 cm³/mol. The maximum absolute atomic E-state index is 12.3. The highest BCUT2D eigenvalue weighted by atomic mass is 32.1. The smallest absolute Gasteiger partial charge is 0.294 e. The first-order chi connectivity index (χ1) is 11.7. The molecule has 1 amide bonds. The van der Waals surface area contributed by atoms with E-state index < -0.39 is 0 Å². The van der Waals surface area contributed by atoms with E-state index in [9.17, 15) is 4.79 Å². The Bertz CT molecular complexity index is 1000. The fraction of sp³-hybridized carbons (Fsp3) is 0.0556. The van der Waals surface area contributed by atoms with Gasteiger partial charge >= 0.3 is 0 Å². The van der Waals surface area contributed by atoms with Gasteiger partial charge in [-0.2, -0.15) is 0 Å². The highest BCUT2D eigenvalue weighted by Crippen LogP contribution is 2.34. The summed E-state index contributed by atoms with van der Waals surface area (Å²) in [5.74, 6) is -0.143. The van der Waals surface area contributed by atoms with Crippen LogP contribution in [-0.4, -0.2) is 16.0 Å². The topological polar surface area (TPSA) is 68.0 Å². The number of fused-ring (bicyclic) bond motifs is 1. The minimum Gasteiger partial charge on any atom is -0.351 e. The van der Waals surface area contributed by atoms with Gasteiger partial charge in [0.15, 0.2) is 0 Å². The molecule has 2 aromatic carbocycles. The lowest BCUT2D eigenvalue weighted by atomic mass is 10.2. The fourth-order valence-electron chi connectivity index (χ4n) is 2.42. The Morgan fingerprint density at radius 2 is 1.92 bits per heavy atom. The van der Waals surface area contributed by atoms with Crippen molar-refractivity contribution in [3.8, 4) is 10.6 Å². The van der Waals surface area contributed by atoms with Crippen LogP contribution in [0.15, 0.2) is 59.1 Å². The van der Waals surface area contributed by atoms with Gasteiger partial charge in [-0.1, -0.05) is 29.4 Å². The van der Waals surface area contributed by atoms with E-state index in [1.165, 1.54) is 0 Å². The number of aryl methyl sites for hydroxylation is 1. The Morgan fingerprint density at radius 1 is 1.12 bits per heavy atom. The van der Waals surface area contributed by atoms with Crippen LogP contribution in [0.4, 0.5) is 5.69 Å². The second-order valence-electron chi connectivity index (χ2n) is 5.32. The third kappa shape index (κ3) is 2.68. The number of aromatic nitrogens is 2. The summed E-state index contributed by atoms with van der Waals surface area (Å²) in [4.78, 5) is 17.0. The average Bonchev–Trinajstić information content (AvgIpc) is 3.21. The highest BCUT2D eigenvalue weighted by Gasteiger charge is 2.16. The Balaban J connectivity index is 1.71. The number of amides is 1. The summed E-state index contributed by atoms with van der Waals surface area (Å²) < 4.78 is 6.13. The lowest BCUT2D eigenvalue weighted by Gasteiger charge is -2.07. The van der Waals surface area contributed by atoms with Crippen molar-refractivity contribution in [1.82, 2.24) is 10.1 Å². The average molecular weight is 335 g/mol. The number of hydrogen-bond donors (Lipinski definition) is 1. The van der Waals surface area contributed by atoms with E-state index in [-0.39, 0.29) is 11.7 Å². The Labute approximate surface area is 141 Å². The molecular weight excluding hydrogens is 322 g/mol. The summed E-state index contributed by atoms with van der Waals surface area (Å²) >= 11 is 1.59. The summed E-state index contributed by atoms with van der Waals surface area (Å²) in [6.45, 7) is 1.77. The maximum atomic E-state index is 12.3. The van der Waals surface area contributed by atoms with E-state index in [1.807, 2.05) is 48.5 Å². The number of nitrogens with zero attached hydrogens (tertiary/aromatic N) is 2. The normalized spacial score (nSPS) is 10.9. The number of para-hydroxylation sites is 2. The van der Waals surface area contributed by atoms with Crippen molar-refractivity contribution in [1.29, 1.82) is 0 Å². The van der Waals surface area contributed by atoms with E-state index in [4.69, 9.17) is 4.52 Å². The molecule has 1 N–H and O–H groups in total. The zero-order valence-corrected chi connectivity index (χ0v) is 13.6. The monoisotopic (exact) mass is 335 g/mol. The van der Waals surface area contributed by atoms with Crippen molar-refractivity contribution in [2.24, 2.45) is 0 Å². The maximum Gasteiger partial charge on any atom is 0.294 e.